The Morgan fingerprint density at radius 3 is 3.04 bits per heavy atom. The molecule has 0 saturated heterocycles. The molecule has 2 unspecified atom stereocenters. The van der Waals surface area contributed by atoms with Crippen LogP contribution in [0.4, 0.5) is 0 Å². The SMILES string of the molecule is Cc1oc(C2CCCC(Cl)C2)nc1Cc1ccc(/C=C/CSCC(=O)O)o1. The summed E-state index contributed by atoms with van der Waals surface area (Å²) < 4.78 is 11.7. The van der Waals surface area contributed by atoms with E-state index >= 15 is 0 Å². The fourth-order valence-corrected chi connectivity index (χ4v) is 4.16. The number of aromatic nitrogens is 1. The van der Waals surface area contributed by atoms with Gasteiger partial charge < -0.3 is 13.9 Å². The number of thioether (sulfide) groups is 1. The van der Waals surface area contributed by atoms with Gasteiger partial charge in [0.15, 0.2) is 5.89 Å². The van der Waals surface area contributed by atoms with Gasteiger partial charge in [-0.25, -0.2) is 4.98 Å². The average Bonchev–Trinajstić information content (AvgIpc) is 3.22. The maximum Gasteiger partial charge on any atom is 0.313 e. The number of nitrogens with zero attached hydrogens (tertiary/aromatic N) is 1. The van der Waals surface area contributed by atoms with E-state index in [4.69, 9.17) is 30.5 Å². The Morgan fingerprint density at radius 2 is 2.26 bits per heavy atom. The fraction of sp³-hybridized carbons (Fsp3) is 0.500. The summed E-state index contributed by atoms with van der Waals surface area (Å²) in [6.45, 7) is 1.94. The molecule has 1 N–H and O–H groups in total. The molecule has 5 nitrogen and oxygen atoms in total. The van der Waals surface area contributed by atoms with Crippen molar-refractivity contribution in [1.82, 2.24) is 4.98 Å². The predicted molar refractivity (Wildman–Crippen MR) is 108 cm³/mol. The molecule has 2 aromatic rings. The van der Waals surface area contributed by atoms with Crippen molar-refractivity contribution >= 4 is 35.4 Å². The fourth-order valence-electron chi connectivity index (χ4n) is 3.27. The van der Waals surface area contributed by atoms with Gasteiger partial charge in [0.1, 0.15) is 17.3 Å². The van der Waals surface area contributed by atoms with Gasteiger partial charge in [-0.15, -0.1) is 23.4 Å². The lowest BCUT2D eigenvalue weighted by Gasteiger charge is -2.22. The summed E-state index contributed by atoms with van der Waals surface area (Å²) in [5, 5.41) is 8.83. The molecule has 1 fully saturated rings. The lowest BCUT2D eigenvalue weighted by atomic mass is 9.89. The number of aliphatic carboxylic acids is 1. The molecule has 0 bridgehead atoms. The van der Waals surface area contributed by atoms with Gasteiger partial charge in [0.2, 0.25) is 0 Å². The Hall–Kier alpha value is -1.66. The van der Waals surface area contributed by atoms with E-state index < -0.39 is 5.97 Å². The lowest BCUT2D eigenvalue weighted by molar-refractivity contribution is -0.133. The van der Waals surface area contributed by atoms with Gasteiger partial charge in [-0.1, -0.05) is 12.5 Å². The normalized spacial score (nSPS) is 20.4. The summed E-state index contributed by atoms with van der Waals surface area (Å²) in [5.41, 5.74) is 0.906. The summed E-state index contributed by atoms with van der Waals surface area (Å²) in [6.07, 6.45) is 8.56. The van der Waals surface area contributed by atoms with Crippen LogP contribution in [0.2, 0.25) is 0 Å². The number of oxazole rings is 1. The molecule has 146 valence electrons. The van der Waals surface area contributed by atoms with Gasteiger partial charge >= 0.3 is 5.97 Å². The van der Waals surface area contributed by atoms with Crippen LogP contribution in [0.15, 0.2) is 27.0 Å². The first-order valence-corrected chi connectivity index (χ1v) is 10.8. The molecule has 3 rings (SSSR count). The zero-order valence-corrected chi connectivity index (χ0v) is 16.9. The van der Waals surface area contributed by atoms with E-state index in [0.29, 0.717) is 18.1 Å². The molecule has 1 saturated carbocycles. The van der Waals surface area contributed by atoms with Gasteiger partial charge in [0, 0.05) is 17.0 Å². The first-order chi connectivity index (χ1) is 13.0. The van der Waals surface area contributed by atoms with Crippen molar-refractivity contribution < 1.29 is 18.7 Å². The molecule has 2 aromatic heterocycles. The standard InChI is InChI=1S/C20H24ClNO4S/c1-13-18(22-20(25-13)14-4-2-5-15(21)10-14)11-17-8-7-16(26-17)6-3-9-27-12-19(23)24/h3,6-8,14-15H,2,4-5,9-12H2,1H3,(H,23,24)/b6-3+. The van der Waals surface area contributed by atoms with Crippen molar-refractivity contribution in [2.75, 3.05) is 11.5 Å². The van der Waals surface area contributed by atoms with Crippen LogP contribution in [0.25, 0.3) is 6.08 Å². The Labute approximate surface area is 168 Å². The molecule has 2 heterocycles. The van der Waals surface area contributed by atoms with E-state index in [9.17, 15) is 4.79 Å². The summed E-state index contributed by atoms with van der Waals surface area (Å²) in [5.74, 6) is 3.46. The van der Waals surface area contributed by atoms with Crippen LogP contribution in [0.5, 0.6) is 0 Å². The zero-order chi connectivity index (χ0) is 19.2. The lowest BCUT2D eigenvalue weighted by Crippen LogP contribution is -2.14. The third kappa shape index (κ3) is 5.91. The number of furan rings is 1. The minimum absolute atomic E-state index is 0.104. The number of rotatable bonds is 8. The molecule has 0 spiro atoms. The molecule has 1 aliphatic carbocycles. The van der Waals surface area contributed by atoms with Crippen LogP contribution in [0.3, 0.4) is 0 Å². The topological polar surface area (TPSA) is 76.5 Å². The smallest absolute Gasteiger partial charge is 0.313 e. The van der Waals surface area contributed by atoms with Crippen molar-refractivity contribution in [3.05, 3.63) is 47.1 Å². The number of carboxylic acid groups (broad SMARTS) is 1. The monoisotopic (exact) mass is 409 g/mol. The molecule has 7 heteroatoms. The molecule has 0 radical (unpaired) electrons. The summed E-state index contributed by atoms with van der Waals surface area (Å²) in [4.78, 5) is 15.2. The molecular weight excluding hydrogens is 386 g/mol. The van der Waals surface area contributed by atoms with Crippen molar-refractivity contribution in [3.8, 4) is 0 Å². The van der Waals surface area contributed by atoms with Crippen molar-refractivity contribution in [2.24, 2.45) is 0 Å². The number of carboxylic acids is 1. The van der Waals surface area contributed by atoms with Crippen molar-refractivity contribution in [2.45, 2.75) is 50.3 Å². The second kappa shape index (κ2) is 9.51. The molecule has 0 aromatic carbocycles. The molecular formula is C20H24ClNO4S. The first kappa shape index (κ1) is 20.1. The third-order valence-corrected chi connectivity index (χ3v) is 5.89. The summed E-state index contributed by atoms with van der Waals surface area (Å²) in [7, 11) is 0. The second-order valence-corrected chi connectivity index (χ2v) is 8.46. The van der Waals surface area contributed by atoms with Crippen molar-refractivity contribution in [3.63, 3.8) is 0 Å². The Morgan fingerprint density at radius 1 is 1.41 bits per heavy atom. The number of halogens is 1. The van der Waals surface area contributed by atoms with E-state index in [2.05, 4.69) is 0 Å². The number of hydrogen-bond acceptors (Lipinski definition) is 5. The zero-order valence-electron chi connectivity index (χ0n) is 15.3. The van der Waals surface area contributed by atoms with Crippen LogP contribution in [-0.2, 0) is 11.2 Å². The highest BCUT2D eigenvalue weighted by atomic mass is 35.5. The van der Waals surface area contributed by atoms with Gasteiger partial charge in [0.05, 0.1) is 17.9 Å². The van der Waals surface area contributed by atoms with Gasteiger partial charge in [0.25, 0.3) is 0 Å². The van der Waals surface area contributed by atoms with Gasteiger partial charge in [-0.2, -0.15) is 0 Å². The number of carbonyl (C=O) groups is 1. The second-order valence-electron chi connectivity index (χ2n) is 6.81. The third-order valence-electron chi connectivity index (χ3n) is 4.61. The Balaban J connectivity index is 1.57. The molecule has 1 aliphatic rings. The quantitative estimate of drug-likeness (QED) is 0.473. The summed E-state index contributed by atoms with van der Waals surface area (Å²) in [6, 6.07) is 3.84. The summed E-state index contributed by atoms with van der Waals surface area (Å²) >= 11 is 7.64. The largest absolute Gasteiger partial charge is 0.481 e. The van der Waals surface area contributed by atoms with E-state index in [1.54, 1.807) is 0 Å². The molecule has 27 heavy (non-hydrogen) atoms. The van der Waals surface area contributed by atoms with E-state index in [1.165, 1.54) is 11.8 Å². The van der Waals surface area contributed by atoms with E-state index in [-0.39, 0.29) is 11.1 Å². The van der Waals surface area contributed by atoms with Gasteiger partial charge in [-0.05, 0) is 44.4 Å². The Bertz CT molecular complexity index is 798. The number of hydrogen-bond donors (Lipinski definition) is 1. The van der Waals surface area contributed by atoms with Gasteiger partial charge in [-0.3, -0.25) is 4.79 Å². The molecule has 0 aliphatic heterocycles. The maximum atomic E-state index is 10.5. The molecule has 0 amide bonds. The van der Waals surface area contributed by atoms with Crippen molar-refractivity contribution in [1.29, 1.82) is 0 Å². The maximum absolute atomic E-state index is 10.5. The minimum Gasteiger partial charge on any atom is -0.481 e. The van der Waals surface area contributed by atoms with E-state index in [0.717, 1.165) is 54.5 Å². The van der Waals surface area contributed by atoms with Crippen LogP contribution in [0.1, 0.15) is 60.5 Å². The highest BCUT2D eigenvalue weighted by molar-refractivity contribution is 8.00. The average molecular weight is 410 g/mol. The molecule has 2 atom stereocenters. The number of aryl methyl sites for hydroxylation is 1. The van der Waals surface area contributed by atoms with Crippen LogP contribution in [-0.4, -0.2) is 32.9 Å². The van der Waals surface area contributed by atoms with E-state index in [1.807, 2.05) is 31.2 Å². The first-order valence-electron chi connectivity index (χ1n) is 9.16. The van der Waals surface area contributed by atoms with Crippen LogP contribution >= 0.6 is 23.4 Å². The number of alkyl halides is 1. The highest BCUT2D eigenvalue weighted by Gasteiger charge is 2.26. The predicted octanol–water partition coefficient (Wildman–Crippen LogP) is 5.26. The minimum atomic E-state index is -0.800. The van der Waals surface area contributed by atoms with Crippen LogP contribution < -0.4 is 0 Å². The Kier molecular flexibility index (Phi) is 7.07. The highest BCUT2D eigenvalue weighted by Crippen LogP contribution is 2.35. The van der Waals surface area contributed by atoms with Crippen LogP contribution in [0, 0.1) is 6.92 Å².